The van der Waals surface area contributed by atoms with Crippen molar-refractivity contribution in [1.29, 1.82) is 0 Å². The molecule has 1 aromatic heterocycles. The molecule has 0 unspecified atom stereocenters. The van der Waals surface area contributed by atoms with Gasteiger partial charge in [-0.05, 0) is 27.6 Å². The largest absolute Gasteiger partial charge is 0.449 e. The molecular weight excluding hydrogens is 384 g/mol. The third kappa shape index (κ3) is 3.80. The summed E-state index contributed by atoms with van der Waals surface area (Å²) in [6.07, 6.45) is 7.14. The minimum Gasteiger partial charge on any atom is -0.449 e. The van der Waals surface area contributed by atoms with Crippen LogP contribution in [-0.2, 0) is 4.74 Å². The van der Waals surface area contributed by atoms with E-state index in [-0.39, 0.29) is 5.92 Å². The van der Waals surface area contributed by atoms with Crippen LogP contribution in [0.15, 0.2) is 91.3 Å². The van der Waals surface area contributed by atoms with Crippen molar-refractivity contribution in [3.05, 3.63) is 108 Å². The predicted molar refractivity (Wildman–Crippen MR) is 124 cm³/mol. The lowest BCUT2D eigenvalue weighted by atomic mass is 9.98. The Morgan fingerprint density at radius 3 is 2.35 bits per heavy atom. The molecule has 4 nitrogen and oxygen atoms in total. The van der Waals surface area contributed by atoms with E-state index in [0.717, 1.165) is 16.3 Å². The summed E-state index contributed by atoms with van der Waals surface area (Å²) in [5, 5.41) is 5.03. The summed E-state index contributed by atoms with van der Waals surface area (Å²) in [4.78, 5) is 16.5. The third-order valence-corrected chi connectivity index (χ3v) is 5.70. The zero-order chi connectivity index (χ0) is 21.0. The number of hydrogen-bond donors (Lipinski definition) is 1. The monoisotopic (exact) mass is 406 g/mol. The first-order valence-electron chi connectivity index (χ1n) is 10.4. The number of alkyl carbamates (subject to hydrolysis) is 1. The topological polar surface area (TPSA) is 51.2 Å². The lowest BCUT2D eigenvalue weighted by Gasteiger charge is -2.14. The molecule has 5 rings (SSSR count). The zero-order valence-corrected chi connectivity index (χ0v) is 17.0. The maximum absolute atomic E-state index is 12.3. The average molecular weight is 406 g/mol. The van der Waals surface area contributed by atoms with Gasteiger partial charge in [0.25, 0.3) is 0 Å². The molecule has 0 atom stereocenters. The number of carbonyl (C=O) groups excluding carboxylic acids is 1. The fourth-order valence-electron chi connectivity index (χ4n) is 4.25. The maximum Gasteiger partial charge on any atom is 0.407 e. The Kier molecular flexibility index (Phi) is 5.19. The van der Waals surface area contributed by atoms with Crippen LogP contribution in [0.1, 0.15) is 22.6 Å². The molecule has 0 bridgehead atoms. The molecule has 3 aromatic carbocycles. The molecule has 0 saturated carbocycles. The number of fused-ring (bicyclic) bond motifs is 4. The molecule has 0 aliphatic heterocycles. The van der Waals surface area contributed by atoms with Crippen molar-refractivity contribution in [1.82, 2.24) is 10.3 Å². The van der Waals surface area contributed by atoms with Gasteiger partial charge < -0.3 is 10.1 Å². The molecule has 1 N–H and O–H groups in total. The van der Waals surface area contributed by atoms with Crippen LogP contribution in [0.5, 0.6) is 0 Å². The molecule has 0 spiro atoms. The van der Waals surface area contributed by atoms with Crippen molar-refractivity contribution >= 4 is 22.9 Å². The van der Waals surface area contributed by atoms with Gasteiger partial charge in [0.1, 0.15) is 6.61 Å². The van der Waals surface area contributed by atoms with Crippen LogP contribution in [0.4, 0.5) is 4.79 Å². The number of ether oxygens (including phenoxy) is 1. The maximum atomic E-state index is 12.3. The average Bonchev–Trinajstić information content (AvgIpc) is 3.14. The van der Waals surface area contributed by atoms with Crippen molar-refractivity contribution in [2.24, 2.45) is 0 Å². The van der Waals surface area contributed by atoms with Crippen molar-refractivity contribution in [2.45, 2.75) is 5.92 Å². The number of carbonyl (C=O) groups is 1. The van der Waals surface area contributed by atoms with Crippen molar-refractivity contribution in [3.63, 3.8) is 0 Å². The number of hydrogen-bond acceptors (Lipinski definition) is 3. The molecule has 31 heavy (non-hydrogen) atoms. The second-order valence-corrected chi connectivity index (χ2v) is 7.56. The summed E-state index contributed by atoms with van der Waals surface area (Å²) in [5.74, 6) is 0.0652. The van der Waals surface area contributed by atoms with E-state index < -0.39 is 6.09 Å². The molecular formula is C27H22N2O2. The van der Waals surface area contributed by atoms with Crippen molar-refractivity contribution in [3.8, 4) is 11.1 Å². The van der Waals surface area contributed by atoms with Gasteiger partial charge in [-0.25, -0.2) is 4.79 Å². The molecule has 152 valence electrons. The van der Waals surface area contributed by atoms with E-state index in [1.807, 2.05) is 67.0 Å². The molecule has 1 aliphatic carbocycles. The Bertz CT molecular complexity index is 1230. The van der Waals surface area contributed by atoms with Gasteiger partial charge in [-0.15, -0.1) is 0 Å². The number of amides is 1. The highest BCUT2D eigenvalue weighted by atomic mass is 16.5. The summed E-state index contributed by atoms with van der Waals surface area (Å²) in [6, 6.07) is 24.7. The summed E-state index contributed by atoms with van der Waals surface area (Å²) >= 11 is 0. The summed E-state index contributed by atoms with van der Waals surface area (Å²) in [7, 11) is 0. The van der Waals surface area contributed by atoms with E-state index in [9.17, 15) is 4.79 Å². The summed E-state index contributed by atoms with van der Waals surface area (Å²) in [6.45, 7) is 0.705. The minimum atomic E-state index is -0.414. The molecule has 1 heterocycles. The first-order chi connectivity index (χ1) is 15.3. The fraction of sp³-hybridized carbons (Fsp3) is 0.111. The third-order valence-electron chi connectivity index (χ3n) is 5.70. The highest BCUT2D eigenvalue weighted by Gasteiger charge is 2.28. The van der Waals surface area contributed by atoms with Crippen LogP contribution in [0.25, 0.3) is 28.0 Å². The van der Waals surface area contributed by atoms with Crippen molar-refractivity contribution < 1.29 is 9.53 Å². The van der Waals surface area contributed by atoms with Gasteiger partial charge in [-0.1, -0.05) is 84.9 Å². The van der Waals surface area contributed by atoms with E-state index in [4.69, 9.17) is 4.74 Å². The Labute approximate surface area is 181 Å². The van der Waals surface area contributed by atoms with E-state index in [1.54, 1.807) is 0 Å². The molecule has 0 fully saturated rings. The number of aromatic nitrogens is 1. The van der Waals surface area contributed by atoms with Gasteiger partial charge in [-0.3, -0.25) is 4.98 Å². The zero-order valence-electron chi connectivity index (χ0n) is 17.0. The van der Waals surface area contributed by atoms with Gasteiger partial charge in [0.2, 0.25) is 0 Å². The van der Waals surface area contributed by atoms with Crippen LogP contribution in [0.3, 0.4) is 0 Å². The fourth-order valence-corrected chi connectivity index (χ4v) is 4.25. The Balaban J connectivity index is 1.20. The number of pyridine rings is 1. The van der Waals surface area contributed by atoms with Crippen LogP contribution in [-0.4, -0.2) is 24.2 Å². The van der Waals surface area contributed by atoms with Gasteiger partial charge in [-0.2, -0.15) is 0 Å². The molecule has 0 saturated heterocycles. The first kappa shape index (κ1) is 19.1. The first-order valence-corrected chi connectivity index (χ1v) is 10.4. The second kappa shape index (κ2) is 8.44. The molecule has 0 radical (unpaired) electrons. The van der Waals surface area contributed by atoms with Gasteiger partial charge in [0.05, 0.1) is 0 Å². The second-order valence-electron chi connectivity index (χ2n) is 7.56. The molecule has 4 heteroatoms. The number of rotatable bonds is 5. The van der Waals surface area contributed by atoms with Crippen LogP contribution in [0, 0.1) is 0 Å². The lowest BCUT2D eigenvalue weighted by Crippen LogP contribution is -2.26. The SMILES string of the molecule is O=C(NCC=Cc1cncc2ccccc12)OCC1c2ccccc2-c2ccccc21. The summed E-state index contributed by atoms with van der Waals surface area (Å²) < 4.78 is 5.57. The number of nitrogens with one attached hydrogen (secondary N) is 1. The number of nitrogens with zero attached hydrogens (tertiary/aromatic N) is 1. The predicted octanol–water partition coefficient (Wildman–Crippen LogP) is 5.79. The van der Waals surface area contributed by atoms with E-state index in [2.05, 4.69) is 40.6 Å². The highest BCUT2D eigenvalue weighted by molar-refractivity contribution is 5.89. The molecule has 4 aromatic rings. The quantitative estimate of drug-likeness (QED) is 0.457. The van der Waals surface area contributed by atoms with Gasteiger partial charge in [0.15, 0.2) is 0 Å². The smallest absolute Gasteiger partial charge is 0.407 e. The molecule has 1 amide bonds. The summed E-state index contributed by atoms with van der Waals surface area (Å²) in [5.41, 5.74) is 5.88. The van der Waals surface area contributed by atoms with E-state index >= 15 is 0 Å². The minimum absolute atomic E-state index is 0.0652. The highest BCUT2D eigenvalue weighted by Crippen LogP contribution is 2.44. The normalized spacial score (nSPS) is 12.6. The van der Waals surface area contributed by atoms with E-state index in [0.29, 0.717) is 13.2 Å². The van der Waals surface area contributed by atoms with Gasteiger partial charge in [0, 0.05) is 35.8 Å². The van der Waals surface area contributed by atoms with Crippen LogP contribution in [0.2, 0.25) is 0 Å². The molecule has 1 aliphatic rings. The Morgan fingerprint density at radius 2 is 1.58 bits per heavy atom. The number of benzene rings is 3. The van der Waals surface area contributed by atoms with E-state index in [1.165, 1.54) is 22.3 Å². The van der Waals surface area contributed by atoms with Crippen LogP contribution >= 0.6 is 0 Å². The Morgan fingerprint density at radius 1 is 0.903 bits per heavy atom. The van der Waals surface area contributed by atoms with Gasteiger partial charge >= 0.3 is 6.09 Å². The standard InChI is InChI=1S/C27H22N2O2/c30-27(29-15-7-9-20-17-28-16-19-8-1-2-10-21(19)20)31-18-26-24-13-5-3-11-22(24)23-12-4-6-14-25(23)26/h1-14,16-17,26H,15,18H2,(H,29,30). The van der Waals surface area contributed by atoms with Crippen molar-refractivity contribution in [2.75, 3.05) is 13.2 Å². The van der Waals surface area contributed by atoms with Crippen LogP contribution < -0.4 is 5.32 Å². The Hall–Kier alpha value is -3.92. The lowest BCUT2D eigenvalue weighted by molar-refractivity contribution is 0.144.